The maximum Gasteiger partial charge on any atom is 0.239 e. The number of benzene rings is 1. The van der Waals surface area contributed by atoms with Gasteiger partial charge in [-0.2, -0.15) is 0 Å². The minimum absolute atomic E-state index is 0.184. The highest BCUT2D eigenvalue weighted by molar-refractivity contribution is 7.98. The molecule has 8 heteroatoms. The lowest BCUT2D eigenvalue weighted by molar-refractivity contribution is 0.318. The number of nitrogens with two attached hydrogens (primary N) is 1. The van der Waals surface area contributed by atoms with Crippen molar-refractivity contribution in [1.29, 1.82) is 0 Å². The van der Waals surface area contributed by atoms with Crippen molar-refractivity contribution >= 4 is 25.6 Å². The second-order valence-corrected chi connectivity index (χ2v) is 15.5. The predicted molar refractivity (Wildman–Crippen MR) is 150 cm³/mol. The van der Waals surface area contributed by atoms with Crippen LogP contribution in [0, 0.1) is 12.8 Å². The van der Waals surface area contributed by atoms with Gasteiger partial charge in [-0.05, 0) is 79.1 Å². The molecule has 0 amide bonds. The Balaban J connectivity index is 1.85. The maximum absolute atomic E-state index is 14.1. The third-order valence-corrected chi connectivity index (χ3v) is 11.2. The molecule has 1 saturated carbocycles. The van der Waals surface area contributed by atoms with Crippen molar-refractivity contribution in [1.82, 2.24) is 8.87 Å². The molecule has 1 aromatic heterocycles. The van der Waals surface area contributed by atoms with Crippen LogP contribution in [0.25, 0.3) is 11.3 Å². The third-order valence-electron chi connectivity index (χ3n) is 7.95. The molecule has 1 aliphatic heterocycles. The molecule has 2 fully saturated rings. The number of hydrogen-bond donors (Lipinski definition) is 1. The summed E-state index contributed by atoms with van der Waals surface area (Å²) in [5.74, 6) is 4.76. The molecule has 4 rings (SSSR count). The quantitative estimate of drug-likeness (QED) is 0.500. The molecule has 1 unspecified atom stereocenters. The van der Waals surface area contributed by atoms with E-state index < -0.39 is 19.7 Å². The number of sulfonamides is 1. The van der Waals surface area contributed by atoms with E-state index in [4.69, 9.17) is 5.14 Å². The average Bonchev–Trinajstić information content (AvgIpc) is 3.16. The summed E-state index contributed by atoms with van der Waals surface area (Å²) in [6.45, 7) is 10.6. The number of hydrogen-bond acceptors (Lipinski definition) is 3. The van der Waals surface area contributed by atoms with Crippen molar-refractivity contribution in [3.63, 3.8) is 0 Å². The van der Waals surface area contributed by atoms with E-state index in [0.29, 0.717) is 11.6 Å². The zero-order valence-corrected chi connectivity index (χ0v) is 24.0. The monoisotopic (exact) mass is 533 g/mol. The van der Waals surface area contributed by atoms with Crippen molar-refractivity contribution < 1.29 is 12.6 Å². The van der Waals surface area contributed by atoms with Crippen LogP contribution in [0.1, 0.15) is 83.4 Å². The maximum atomic E-state index is 14.1. The molecule has 2 N–H and O–H groups in total. The van der Waals surface area contributed by atoms with Crippen LogP contribution in [-0.4, -0.2) is 40.5 Å². The fraction of sp³-hybridized carbons (Fsp3) is 0.607. The zero-order valence-electron chi connectivity index (χ0n) is 22.4. The first kappa shape index (κ1) is 27.4. The van der Waals surface area contributed by atoms with Gasteiger partial charge in [0.15, 0.2) is 0 Å². The Bertz CT molecular complexity index is 1310. The summed E-state index contributed by atoms with van der Waals surface area (Å²) < 4.78 is 43.2. The molecule has 0 bridgehead atoms. The standard InChI is InChI=1S/C28H43N3O3S2/c1-21-27(36(29,33)34)19-25(31(21)20-22-12-8-6-9-13-22)23-14-15-26(24(18-23)28(2,3)4)35(5,32)30-16-10-7-11-17-30/h14-15,18-19,22H,5-13,16-17,20H2,1-4H3,(H2,29,33,34). The minimum atomic E-state index is -3.85. The molecule has 2 aromatic rings. The number of nitrogens with zero attached hydrogens (tertiary/aromatic N) is 2. The van der Waals surface area contributed by atoms with Gasteiger partial charge in [0.05, 0.1) is 9.71 Å². The van der Waals surface area contributed by atoms with Gasteiger partial charge in [0.2, 0.25) is 10.0 Å². The SMILES string of the molecule is C=S(=O)(c1ccc(-c2cc(S(N)(=O)=O)c(C)n2CC2CCCCC2)cc1C(C)(C)C)N1CCCCC1. The molecule has 2 aliphatic rings. The first-order chi connectivity index (χ1) is 16.8. The van der Waals surface area contributed by atoms with E-state index in [1.165, 1.54) is 25.7 Å². The molecule has 1 aromatic carbocycles. The van der Waals surface area contributed by atoms with E-state index in [2.05, 4.69) is 41.6 Å². The summed E-state index contributed by atoms with van der Waals surface area (Å²) in [4.78, 5) is 0.971. The minimum Gasteiger partial charge on any atom is -0.343 e. The van der Waals surface area contributed by atoms with Crippen molar-refractivity contribution in [2.24, 2.45) is 11.1 Å². The molecule has 200 valence electrons. The molecule has 0 radical (unpaired) electrons. The van der Waals surface area contributed by atoms with Gasteiger partial charge < -0.3 is 4.57 Å². The normalized spacial score (nSPS) is 20.4. The summed E-state index contributed by atoms with van der Waals surface area (Å²) >= 11 is 0. The van der Waals surface area contributed by atoms with Crippen molar-refractivity contribution in [2.75, 3.05) is 13.1 Å². The van der Waals surface area contributed by atoms with Gasteiger partial charge in [0.25, 0.3) is 0 Å². The second-order valence-electron chi connectivity index (χ2n) is 11.7. The number of rotatable bonds is 6. The summed E-state index contributed by atoms with van der Waals surface area (Å²) in [5.41, 5.74) is 3.19. The third kappa shape index (κ3) is 5.62. The largest absolute Gasteiger partial charge is 0.343 e. The highest BCUT2D eigenvalue weighted by Crippen LogP contribution is 2.38. The fourth-order valence-corrected chi connectivity index (χ4v) is 8.78. The molecule has 2 heterocycles. The molecule has 1 saturated heterocycles. The van der Waals surface area contributed by atoms with E-state index in [1.807, 2.05) is 19.1 Å². The van der Waals surface area contributed by atoms with Crippen molar-refractivity contribution in [3.8, 4) is 11.3 Å². The molecule has 36 heavy (non-hydrogen) atoms. The van der Waals surface area contributed by atoms with Crippen LogP contribution in [0.5, 0.6) is 0 Å². The van der Waals surface area contributed by atoms with Gasteiger partial charge >= 0.3 is 0 Å². The number of piperidine rings is 1. The van der Waals surface area contributed by atoms with Crippen LogP contribution in [0.2, 0.25) is 0 Å². The highest BCUT2D eigenvalue weighted by atomic mass is 32.2. The lowest BCUT2D eigenvalue weighted by Gasteiger charge is -2.33. The zero-order chi connectivity index (χ0) is 26.3. The summed E-state index contributed by atoms with van der Waals surface area (Å²) in [7, 11) is -6.47. The predicted octanol–water partition coefficient (Wildman–Crippen LogP) is 5.46. The Morgan fingerprint density at radius 3 is 2.14 bits per heavy atom. The summed E-state index contributed by atoms with van der Waals surface area (Å²) in [5, 5.41) is 5.62. The Morgan fingerprint density at radius 1 is 0.944 bits per heavy atom. The fourth-order valence-electron chi connectivity index (χ4n) is 5.86. The molecule has 6 nitrogen and oxygen atoms in total. The average molecular weight is 534 g/mol. The van der Waals surface area contributed by atoms with Gasteiger partial charge in [-0.1, -0.05) is 52.5 Å². The van der Waals surface area contributed by atoms with Crippen LogP contribution in [0.15, 0.2) is 34.1 Å². The smallest absolute Gasteiger partial charge is 0.239 e. The van der Waals surface area contributed by atoms with Crippen LogP contribution in [-0.2, 0) is 31.7 Å². The molecule has 1 aliphatic carbocycles. The second kappa shape index (κ2) is 10.3. The van der Waals surface area contributed by atoms with Gasteiger partial charge in [-0.3, -0.25) is 0 Å². The lowest BCUT2D eigenvalue weighted by Crippen LogP contribution is -2.36. The number of aromatic nitrogens is 1. The van der Waals surface area contributed by atoms with Crippen molar-refractivity contribution in [3.05, 3.63) is 35.5 Å². The van der Waals surface area contributed by atoms with E-state index in [1.54, 1.807) is 6.07 Å². The van der Waals surface area contributed by atoms with E-state index in [0.717, 1.165) is 67.0 Å². The van der Waals surface area contributed by atoms with Crippen LogP contribution in [0.3, 0.4) is 0 Å². The first-order valence-corrected chi connectivity index (χ1v) is 16.5. The Labute approximate surface area is 218 Å². The van der Waals surface area contributed by atoms with Gasteiger partial charge in [-0.15, -0.1) is 0 Å². The van der Waals surface area contributed by atoms with E-state index in [9.17, 15) is 12.6 Å². The molecule has 1 atom stereocenters. The van der Waals surface area contributed by atoms with E-state index >= 15 is 0 Å². The van der Waals surface area contributed by atoms with Gasteiger partial charge in [0, 0.05) is 35.9 Å². The first-order valence-electron chi connectivity index (χ1n) is 13.3. The Morgan fingerprint density at radius 2 is 1.56 bits per heavy atom. The molecule has 0 spiro atoms. The number of primary sulfonamides is 1. The Hall–Kier alpha value is -1.61. The van der Waals surface area contributed by atoms with Gasteiger partial charge in [-0.25, -0.2) is 22.1 Å². The van der Waals surface area contributed by atoms with Crippen LogP contribution >= 0.6 is 0 Å². The van der Waals surface area contributed by atoms with Crippen molar-refractivity contribution in [2.45, 2.75) is 101 Å². The Kier molecular flexibility index (Phi) is 7.83. The van der Waals surface area contributed by atoms with E-state index in [-0.39, 0.29) is 10.3 Å². The topological polar surface area (TPSA) is 85.4 Å². The van der Waals surface area contributed by atoms with Crippen LogP contribution in [0.4, 0.5) is 0 Å². The summed E-state index contributed by atoms with van der Waals surface area (Å²) in [6.07, 6.45) is 9.29. The lowest BCUT2D eigenvalue weighted by atomic mass is 9.85. The highest BCUT2D eigenvalue weighted by Gasteiger charge is 2.29. The molecular weight excluding hydrogens is 490 g/mol. The molecular formula is C28H43N3O3S2. The van der Waals surface area contributed by atoms with Crippen LogP contribution < -0.4 is 5.14 Å². The van der Waals surface area contributed by atoms with Gasteiger partial charge in [0.1, 0.15) is 4.90 Å². The summed E-state index contributed by atoms with van der Waals surface area (Å²) in [6, 6.07) is 7.77.